The number of piperidine rings is 1. The van der Waals surface area contributed by atoms with Crippen LogP contribution in [0.2, 0.25) is 0 Å². The fraction of sp³-hybridized carbons (Fsp3) is 0.467. The fourth-order valence-electron chi connectivity index (χ4n) is 2.54. The molecule has 0 saturated carbocycles. The first-order chi connectivity index (χ1) is 10.9. The van der Waals surface area contributed by atoms with Crippen LogP contribution in [0.4, 0.5) is 13.2 Å². The molecule has 1 aliphatic rings. The van der Waals surface area contributed by atoms with Crippen LogP contribution in [0.15, 0.2) is 30.6 Å². The third kappa shape index (κ3) is 5.24. The average Bonchev–Trinajstić information content (AvgIpc) is 2.49. The van der Waals surface area contributed by atoms with Crippen LogP contribution in [0.3, 0.4) is 0 Å². The number of nitrogens with zero attached hydrogens (tertiary/aromatic N) is 2. The molecule has 0 spiro atoms. The zero-order chi connectivity index (χ0) is 16.9. The van der Waals surface area contributed by atoms with Crippen LogP contribution in [-0.2, 0) is 12.7 Å². The van der Waals surface area contributed by atoms with Gasteiger partial charge in [-0.05, 0) is 36.7 Å². The van der Waals surface area contributed by atoms with Crippen molar-refractivity contribution in [2.45, 2.75) is 31.6 Å². The van der Waals surface area contributed by atoms with E-state index in [1.54, 1.807) is 0 Å². The molecule has 0 aromatic carbocycles. The van der Waals surface area contributed by atoms with E-state index < -0.39 is 11.9 Å². The topological polar surface area (TPSA) is 78.0 Å². The number of amidine groups is 1. The van der Waals surface area contributed by atoms with E-state index in [-0.39, 0.29) is 11.9 Å². The van der Waals surface area contributed by atoms with Crippen molar-refractivity contribution >= 4 is 5.84 Å². The number of aromatic nitrogens is 1. The second kappa shape index (κ2) is 7.45. The van der Waals surface area contributed by atoms with Crippen molar-refractivity contribution in [2.24, 2.45) is 5.73 Å². The molecular formula is C15H20F3N5. The number of alkyl halides is 3. The highest BCUT2D eigenvalue weighted by molar-refractivity contribution is 5.90. The van der Waals surface area contributed by atoms with Crippen LogP contribution in [0.5, 0.6) is 0 Å². The van der Waals surface area contributed by atoms with E-state index >= 15 is 0 Å². The van der Waals surface area contributed by atoms with E-state index in [2.05, 4.69) is 15.2 Å². The van der Waals surface area contributed by atoms with Crippen molar-refractivity contribution in [3.63, 3.8) is 0 Å². The molecule has 1 aliphatic heterocycles. The van der Waals surface area contributed by atoms with Crippen molar-refractivity contribution in [3.8, 4) is 0 Å². The number of hydrogen-bond acceptors (Lipinski definition) is 4. The maximum atomic E-state index is 12.5. The first-order valence-electron chi connectivity index (χ1n) is 7.36. The largest absolute Gasteiger partial charge is 0.433 e. The lowest BCUT2D eigenvalue weighted by atomic mass is 10.0. The first-order valence-corrected chi connectivity index (χ1v) is 7.36. The van der Waals surface area contributed by atoms with Gasteiger partial charge in [-0.3, -0.25) is 15.3 Å². The maximum absolute atomic E-state index is 12.5. The monoisotopic (exact) mass is 327 g/mol. The van der Waals surface area contributed by atoms with Crippen LogP contribution in [0.25, 0.3) is 0 Å². The summed E-state index contributed by atoms with van der Waals surface area (Å²) in [5, 5.41) is 10.7. The second-order valence-electron chi connectivity index (χ2n) is 5.52. The standard InChI is InChI=1S/C15H20F3N5/c16-15(17,18)13-2-1-11(9-21-13)10-23-7-4-12(5-8-23)22-14(20)3-6-19/h1-3,6,9,12H,4-5,7-8,10,19H2,(H2,20,22)/b6-3-. The zero-order valence-corrected chi connectivity index (χ0v) is 12.6. The molecule has 0 atom stereocenters. The van der Waals surface area contributed by atoms with Gasteiger partial charge in [-0.1, -0.05) is 6.07 Å². The summed E-state index contributed by atoms with van der Waals surface area (Å²) in [5.41, 5.74) is 5.14. The Kier molecular flexibility index (Phi) is 5.59. The molecule has 1 aromatic heterocycles. The van der Waals surface area contributed by atoms with Gasteiger partial charge in [-0.15, -0.1) is 0 Å². The summed E-state index contributed by atoms with van der Waals surface area (Å²) in [4.78, 5) is 5.65. The molecule has 1 saturated heterocycles. The average molecular weight is 327 g/mol. The van der Waals surface area contributed by atoms with Crippen molar-refractivity contribution in [3.05, 3.63) is 41.9 Å². The number of likely N-dealkylation sites (tertiary alicyclic amines) is 1. The predicted octanol–water partition coefficient (Wildman–Crippen LogP) is 2.10. The molecule has 1 fully saturated rings. The van der Waals surface area contributed by atoms with E-state index in [0.717, 1.165) is 37.6 Å². The van der Waals surface area contributed by atoms with Gasteiger partial charge in [0.1, 0.15) is 11.5 Å². The van der Waals surface area contributed by atoms with Crippen LogP contribution < -0.4 is 11.1 Å². The SMILES string of the molecule is N=C(/C=C\N)NC1CCN(Cc2ccc(C(F)(F)F)nc2)CC1. The lowest BCUT2D eigenvalue weighted by Crippen LogP contribution is -2.43. The van der Waals surface area contributed by atoms with Gasteiger partial charge in [0.05, 0.1) is 0 Å². The highest BCUT2D eigenvalue weighted by Crippen LogP contribution is 2.27. The Morgan fingerprint density at radius 1 is 1.39 bits per heavy atom. The number of pyridine rings is 1. The summed E-state index contributed by atoms with van der Waals surface area (Å²) in [7, 11) is 0. The summed E-state index contributed by atoms with van der Waals surface area (Å²) >= 11 is 0. The molecule has 0 bridgehead atoms. The third-order valence-electron chi connectivity index (χ3n) is 3.73. The number of halogens is 3. The molecule has 0 unspecified atom stereocenters. The third-order valence-corrected chi connectivity index (χ3v) is 3.73. The van der Waals surface area contributed by atoms with Gasteiger partial charge >= 0.3 is 6.18 Å². The van der Waals surface area contributed by atoms with Crippen LogP contribution in [0.1, 0.15) is 24.1 Å². The minimum absolute atomic E-state index is 0.223. The van der Waals surface area contributed by atoms with Gasteiger partial charge < -0.3 is 11.1 Å². The maximum Gasteiger partial charge on any atom is 0.433 e. The minimum atomic E-state index is -4.40. The Bertz CT molecular complexity index is 545. The molecular weight excluding hydrogens is 307 g/mol. The van der Waals surface area contributed by atoms with Gasteiger partial charge in [-0.2, -0.15) is 13.2 Å². The Morgan fingerprint density at radius 2 is 2.09 bits per heavy atom. The highest BCUT2D eigenvalue weighted by atomic mass is 19.4. The molecule has 5 nitrogen and oxygen atoms in total. The summed E-state index contributed by atoms with van der Waals surface area (Å²) in [5.74, 6) is 0.290. The summed E-state index contributed by atoms with van der Waals surface area (Å²) in [6.45, 7) is 2.22. The predicted molar refractivity (Wildman–Crippen MR) is 81.7 cm³/mol. The van der Waals surface area contributed by atoms with E-state index in [1.165, 1.54) is 24.5 Å². The van der Waals surface area contributed by atoms with E-state index in [4.69, 9.17) is 11.1 Å². The number of rotatable bonds is 4. The molecule has 8 heteroatoms. The Balaban J connectivity index is 1.81. The lowest BCUT2D eigenvalue weighted by Gasteiger charge is -2.32. The Morgan fingerprint density at radius 3 is 2.61 bits per heavy atom. The molecule has 0 amide bonds. The minimum Gasteiger partial charge on any atom is -0.404 e. The van der Waals surface area contributed by atoms with E-state index in [0.29, 0.717) is 6.54 Å². The van der Waals surface area contributed by atoms with Crippen molar-refractivity contribution in [2.75, 3.05) is 13.1 Å². The van der Waals surface area contributed by atoms with Crippen molar-refractivity contribution in [1.29, 1.82) is 5.41 Å². The van der Waals surface area contributed by atoms with Gasteiger partial charge in [0.2, 0.25) is 0 Å². The first kappa shape index (κ1) is 17.3. The van der Waals surface area contributed by atoms with Crippen LogP contribution in [-0.4, -0.2) is 34.9 Å². The number of hydrogen-bond donors (Lipinski definition) is 3. The smallest absolute Gasteiger partial charge is 0.404 e. The van der Waals surface area contributed by atoms with Crippen molar-refractivity contribution < 1.29 is 13.2 Å². The second-order valence-corrected chi connectivity index (χ2v) is 5.52. The van der Waals surface area contributed by atoms with Gasteiger partial charge in [0, 0.05) is 31.9 Å². The molecule has 4 N–H and O–H groups in total. The normalized spacial score (nSPS) is 17.5. The van der Waals surface area contributed by atoms with E-state index in [1.807, 2.05) is 0 Å². The Hall–Kier alpha value is -2.09. The highest BCUT2D eigenvalue weighted by Gasteiger charge is 2.32. The summed E-state index contributed by atoms with van der Waals surface area (Å²) < 4.78 is 37.4. The molecule has 0 radical (unpaired) electrons. The van der Waals surface area contributed by atoms with Gasteiger partial charge in [0.15, 0.2) is 0 Å². The van der Waals surface area contributed by atoms with E-state index in [9.17, 15) is 13.2 Å². The quantitative estimate of drug-likeness (QED) is 0.585. The molecule has 1 aromatic rings. The molecule has 0 aliphatic carbocycles. The zero-order valence-electron chi connectivity index (χ0n) is 12.6. The van der Waals surface area contributed by atoms with Gasteiger partial charge in [0.25, 0.3) is 0 Å². The lowest BCUT2D eigenvalue weighted by molar-refractivity contribution is -0.141. The number of nitrogens with two attached hydrogens (primary N) is 1. The summed E-state index contributed by atoms with van der Waals surface area (Å²) in [6, 6.07) is 2.71. The van der Waals surface area contributed by atoms with Crippen LogP contribution in [0, 0.1) is 5.41 Å². The Labute approximate surface area is 132 Å². The molecule has 2 heterocycles. The fourth-order valence-corrected chi connectivity index (χ4v) is 2.54. The molecule has 2 rings (SSSR count). The van der Waals surface area contributed by atoms with Gasteiger partial charge in [-0.25, -0.2) is 0 Å². The summed E-state index contributed by atoms with van der Waals surface area (Å²) in [6.07, 6.45) is 1.45. The number of nitrogens with one attached hydrogen (secondary N) is 2. The van der Waals surface area contributed by atoms with Crippen molar-refractivity contribution in [1.82, 2.24) is 15.2 Å². The van der Waals surface area contributed by atoms with Crippen LogP contribution >= 0.6 is 0 Å². The molecule has 126 valence electrons. The molecule has 23 heavy (non-hydrogen) atoms.